The number of hydrogen-bond donors (Lipinski definition) is 0. The first-order valence-corrected chi connectivity index (χ1v) is 8.99. The molecule has 2 amide bonds. The van der Waals surface area contributed by atoms with Crippen LogP contribution in [0.4, 0.5) is 0 Å². The number of rotatable bonds is 3. The van der Waals surface area contributed by atoms with Crippen LogP contribution in [0.3, 0.4) is 0 Å². The molecule has 2 saturated heterocycles. The van der Waals surface area contributed by atoms with E-state index in [1.54, 1.807) is 24.3 Å². The van der Waals surface area contributed by atoms with Crippen LogP contribution in [0.5, 0.6) is 0 Å². The van der Waals surface area contributed by atoms with Crippen molar-refractivity contribution in [3.63, 3.8) is 0 Å². The molecule has 3 aliphatic rings. The lowest BCUT2D eigenvalue weighted by atomic mass is 9.67. The maximum atomic E-state index is 13.2. The molecule has 2 fully saturated rings. The van der Waals surface area contributed by atoms with Gasteiger partial charge in [-0.15, -0.1) is 0 Å². The van der Waals surface area contributed by atoms with Crippen molar-refractivity contribution in [2.75, 3.05) is 26.4 Å². The standard InChI is InChI=1S/C19H21NO6/c21-16-14-3-1-2-4-15(14)17(22)20(16)26-18(23)19(7-11-25-12-8-19)13-5-9-24-10-6-13/h1-4,13H,5-12H2. The highest BCUT2D eigenvalue weighted by molar-refractivity contribution is 6.20. The smallest absolute Gasteiger partial charge is 0.339 e. The fourth-order valence-corrected chi connectivity index (χ4v) is 4.19. The number of ether oxygens (including phenoxy) is 2. The van der Waals surface area contributed by atoms with Crippen molar-refractivity contribution in [2.24, 2.45) is 11.3 Å². The fraction of sp³-hybridized carbons (Fsp3) is 0.526. The van der Waals surface area contributed by atoms with Crippen LogP contribution in [-0.4, -0.2) is 49.3 Å². The lowest BCUT2D eigenvalue weighted by Crippen LogP contribution is -2.49. The van der Waals surface area contributed by atoms with Gasteiger partial charge in [0.25, 0.3) is 11.8 Å². The summed E-state index contributed by atoms with van der Waals surface area (Å²) in [6, 6.07) is 6.48. The summed E-state index contributed by atoms with van der Waals surface area (Å²) in [5, 5.41) is 0.615. The van der Waals surface area contributed by atoms with Gasteiger partial charge in [0.1, 0.15) is 0 Å². The molecule has 0 radical (unpaired) electrons. The summed E-state index contributed by atoms with van der Waals surface area (Å²) in [7, 11) is 0. The van der Waals surface area contributed by atoms with E-state index >= 15 is 0 Å². The highest BCUT2D eigenvalue weighted by Crippen LogP contribution is 2.44. The average molecular weight is 359 g/mol. The van der Waals surface area contributed by atoms with E-state index in [0.29, 0.717) is 44.3 Å². The minimum Gasteiger partial charge on any atom is -0.381 e. The Morgan fingerprint density at radius 2 is 1.50 bits per heavy atom. The Morgan fingerprint density at radius 1 is 0.962 bits per heavy atom. The summed E-state index contributed by atoms with van der Waals surface area (Å²) in [5.74, 6) is -1.59. The second kappa shape index (κ2) is 6.81. The molecule has 1 aromatic rings. The van der Waals surface area contributed by atoms with Gasteiger partial charge in [0, 0.05) is 26.4 Å². The lowest BCUT2D eigenvalue weighted by molar-refractivity contribution is -0.194. The Bertz CT molecular complexity index is 698. The zero-order chi connectivity index (χ0) is 18.1. The number of carbonyl (C=O) groups is 3. The third kappa shape index (κ3) is 2.71. The van der Waals surface area contributed by atoms with Gasteiger partial charge in [-0.3, -0.25) is 9.59 Å². The number of hydrogen-bond acceptors (Lipinski definition) is 6. The van der Waals surface area contributed by atoms with E-state index < -0.39 is 23.2 Å². The van der Waals surface area contributed by atoms with Crippen LogP contribution in [-0.2, 0) is 19.1 Å². The van der Waals surface area contributed by atoms with E-state index in [1.807, 2.05) is 0 Å². The van der Waals surface area contributed by atoms with Crippen LogP contribution < -0.4 is 0 Å². The molecular formula is C19H21NO6. The summed E-state index contributed by atoms with van der Waals surface area (Å²) in [6.45, 7) is 2.14. The number of carbonyl (C=O) groups excluding carboxylic acids is 3. The molecule has 0 aromatic heterocycles. The van der Waals surface area contributed by atoms with E-state index in [4.69, 9.17) is 14.3 Å². The Labute approximate surface area is 151 Å². The van der Waals surface area contributed by atoms with Crippen molar-refractivity contribution in [2.45, 2.75) is 25.7 Å². The van der Waals surface area contributed by atoms with Crippen LogP contribution in [0.1, 0.15) is 46.4 Å². The Morgan fingerprint density at radius 3 is 2.08 bits per heavy atom. The van der Waals surface area contributed by atoms with Crippen LogP contribution in [0.15, 0.2) is 24.3 Å². The van der Waals surface area contributed by atoms with E-state index in [0.717, 1.165) is 12.8 Å². The van der Waals surface area contributed by atoms with Crippen molar-refractivity contribution in [3.8, 4) is 0 Å². The number of amides is 2. The van der Waals surface area contributed by atoms with Gasteiger partial charge in [0.05, 0.1) is 16.5 Å². The minimum atomic E-state index is -0.739. The molecule has 0 atom stereocenters. The van der Waals surface area contributed by atoms with Crippen LogP contribution in [0.25, 0.3) is 0 Å². The highest BCUT2D eigenvalue weighted by atomic mass is 16.7. The number of nitrogens with zero attached hydrogens (tertiary/aromatic N) is 1. The first kappa shape index (κ1) is 17.2. The zero-order valence-corrected chi connectivity index (χ0v) is 14.4. The monoisotopic (exact) mass is 359 g/mol. The molecule has 3 aliphatic heterocycles. The van der Waals surface area contributed by atoms with Gasteiger partial charge in [0.2, 0.25) is 0 Å². The van der Waals surface area contributed by atoms with Gasteiger partial charge < -0.3 is 14.3 Å². The fourth-order valence-electron chi connectivity index (χ4n) is 4.19. The third-order valence-electron chi connectivity index (χ3n) is 5.73. The Balaban J connectivity index is 1.57. The van der Waals surface area contributed by atoms with Crippen molar-refractivity contribution in [1.82, 2.24) is 5.06 Å². The summed E-state index contributed by atoms with van der Waals surface area (Å²) >= 11 is 0. The summed E-state index contributed by atoms with van der Waals surface area (Å²) in [4.78, 5) is 43.5. The molecule has 0 spiro atoms. The normalized spacial score (nSPS) is 23.0. The predicted octanol–water partition coefficient (Wildman–Crippen LogP) is 1.96. The van der Waals surface area contributed by atoms with Crippen molar-refractivity contribution < 1.29 is 28.7 Å². The van der Waals surface area contributed by atoms with Crippen LogP contribution >= 0.6 is 0 Å². The average Bonchev–Trinajstić information content (AvgIpc) is 2.94. The van der Waals surface area contributed by atoms with Gasteiger partial charge >= 0.3 is 5.97 Å². The first-order chi connectivity index (χ1) is 12.6. The molecule has 7 heteroatoms. The third-order valence-corrected chi connectivity index (χ3v) is 5.73. The molecule has 7 nitrogen and oxygen atoms in total. The SMILES string of the molecule is O=C1c2ccccc2C(=O)N1OC(=O)C1(C2CCOCC2)CCOCC1. The maximum Gasteiger partial charge on any atom is 0.339 e. The van der Waals surface area contributed by atoms with Crippen molar-refractivity contribution in [1.29, 1.82) is 0 Å². The van der Waals surface area contributed by atoms with Crippen molar-refractivity contribution >= 4 is 17.8 Å². The molecule has 1 aromatic carbocycles. The van der Waals surface area contributed by atoms with E-state index in [2.05, 4.69) is 0 Å². The molecule has 26 heavy (non-hydrogen) atoms. The maximum absolute atomic E-state index is 13.2. The van der Waals surface area contributed by atoms with E-state index in [9.17, 15) is 14.4 Å². The number of benzene rings is 1. The zero-order valence-electron chi connectivity index (χ0n) is 14.4. The quantitative estimate of drug-likeness (QED) is 0.768. The highest BCUT2D eigenvalue weighted by Gasteiger charge is 2.51. The Kier molecular flexibility index (Phi) is 4.50. The van der Waals surface area contributed by atoms with Gasteiger partial charge in [0.15, 0.2) is 0 Å². The first-order valence-electron chi connectivity index (χ1n) is 8.99. The number of fused-ring (bicyclic) bond motifs is 1. The van der Waals surface area contributed by atoms with E-state index in [1.165, 1.54) is 0 Å². The molecule has 0 N–H and O–H groups in total. The summed E-state index contributed by atoms with van der Waals surface area (Å²) in [6.07, 6.45) is 2.58. The second-order valence-electron chi connectivity index (χ2n) is 6.98. The van der Waals surface area contributed by atoms with Gasteiger partial charge in [-0.2, -0.15) is 0 Å². The van der Waals surface area contributed by atoms with E-state index in [-0.39, 0.29) is 17.0 Å². The van der Waals surface area contributed by atoms with Crippen LogP contribution in [0.2, 0.25) is 0 Å². The number of hydroxylamine groups is 2. The molecule has 0 unspecified atom stereocenters. The molecule has 138 valence electrons. The molecule has 0 bridgehead atoms. The number of imide groups is 1. The minimum absolute atomic E-state index is 0.0998. The molecule has 0 aliphatic carbocycles. The molecule has 0 saturated carbocycles. The topological polar surface area (TPSA) is 82.1 Å². The molecular weight excluding hydrogens is 338 g/mol. The van der Waals surface area contributed by atoms with Gasteiger partial charge in [-0.1, -0.05) is 17.2 Å². The van der Waals surface area contributed by atoms with Crippen LogP contribution in [0, 0.1) is 11.3 Å². The van der Waals surface area contributed by atoms with Gasteiger partial charge in [-0.25, -0.2) is 4.79 Å². The summed E-state index contributed by atoms with van der Waals surface area (Å²) in [5.41, 5.74) is -0.216. The predicted molar refractivity (Wildman–Crippen MR) is 89.1 cm³/mol. The second-order valence-corrected chi connectivity index (χ2v) is 6.98. The lowest BCUT2D eigenvalue weighted by Gasteiger charge is -2.42. The Hall–Kier alpha value is -2.25. The molecule has 3 heterocycles. The van der Waals surface area contributed by atoms with Gasteiger partial charge in [-0.05, 0) is 43.7 Å². The molecule has 4 rings (SSSR count). The van der Waals surface area contributed by atoms with Crippen molar-refractivity contribution in [3.05, 3.63) is 35.4 Å². The largest absolute Gasteiger partial charge is 0.381 e. The summed E-state index contributed by atoms with van der Waals surface area (Å²) < 4.78 is 10.9.